The zero-order chi connectivity index (χ0) is 15.8. The standard InChI is InChI=1S/C17H19N5O/c18-17-16-15(20-10-21-17)12(6-19-16)7-22-8-13(14(23)9-22)11-4-2-1-3-5-11/h1-6,10,13-14,19,23H,7-9H2,(H2,18,20,21)/t13-,14+/m1/s1. The van der Waals surface area contributed by atoms with E-state index in [1.165, 1.54) is 11.9 Å². The Morgan fingerprint density at radius 1 is 1.22 bits per heavy atom. The molecule has 6 nitrogen and oxygen atoms in total. The molecule has 1 aromatic carbocycles. The largest absolute Gasteiger partial charge is 0.391 e. The maximum atomic E-state index is 10.4. The number of H-pyrrole nitrogens is 1. The van der Waals surface area contributed by atoms with Gasteiger partial charge in [0.25, 0.3) is 0 Å². The zero-order valence-electron chi connectivity index (χ0n) is 12.7. The van der Waals surface area contributed by atoms with Crippen molar-refractivity contribution in [1.82, 2.24) is 19.9 Å². The van der Waals surface area contributed by atoms with Gasteiger partial charge in [-0.05, 0) is 5.56 Å². The van der Waals surface area contributed by atoms with Gasteiger partial charge in [0.05, 0.1) is 11.6 Å². The number of aliphatic hydroxyl groups excluding tert-OH is 1. The van der Waals surface area contributed by atoms with E-state index in [0.29, 0.717) is 12.4 Å². The maximum Gasteiger partial charge on any atom is 0.151 e. The number of aromatic nitrogens is 3. The first-order valence-electron chi connectivity index (χ1n) is 7.74. The number of benzene rings is 1. The van der Waals surface area contributed by atoms with Crippen molar-refractivity contribution in [2.24, 2.45) is 0 Å². The molecule has 23 heavy (non-hydrogen) atoms. The lowest BCUT2D eigenvalue weighted by Crippen LogP contribution is -2.21. The van der Waals surface area contributed by atoms with E-state index in [-0.39, 0.29) is 12.0 Å². The molecule has 0 aliphatic carbocycles. The van der Waals surface area contributed by atoms with Crippen molar-refractivity contribution < 1.29 is 5.11 Å². The lowest BCUT2D eigenvalue weighted by atomic mass is 9.96. The normalized spacial score (nSPS) is 22.0. The molecule has 1 aliphatic rings. The summed E-state index contributed by atoms with van der Waals surface area (Å²) in [7, 11) is 0. The summed E-state index contributed by atoms with van der Waals surface area (Å²) >= 11 is 0. The Balaban J connectivity index is 1.55. The number of aliphatic hydroxyl groups is 1. The number of nitrogens with two attached hydrogens (primary N) is 1. The molecule has 6 heteroatoms. The molecule has 118 valence electrons. The van der Waals surface area contributed by atoms with Crippen molar-refractivity contribution >= 4 is 16.9 Å². The summed E-state index contributed by atoms with van der Waals surface area (Å²) in [5, 5.41) is 10.4. The van der Waals surface area contributed by atoms with Crippen LogP contribution in [0.1, 0.15) is 17.0 Å². The summed E-state index contributed by atoms with van der Waals surface area (Å²) in [5.74, 6) is 0.617. The predicted molar refractivity (Wildman–Crippen MR) is 88.8 cm³/mol. The molecule has 2 atom stereocenters. The Bertz CT molecular complexity index is 816. The Kier molecular flexibility index (Phi) is 3.48. The molecule has 0 bridgehead atoms. The number of hydrogen-bond acceptors (Lipinski definition) is 5. The lowest BCUT2D eigenvalue weighted by molar-refractivity contribution is 0.163. The Morgan fingerprint density at radius 2 is 2.04 bits per heavy atom. The molecule has 1 fully saturated rings. The van der Waals surface area contributed by atoms with Gasteiger partial charge in [-0.1, -0.05) is 30.3 Å². The maximum absolute atomic E-state index is 10.4. The van der Waals surface area contributed by atoms with Gasteiger partial charge in [-0.25, -0.2) is 9.97 Å². The van der Waals surface area contributed by atoms with E-state index < -0.39 is 0 Å². The highest BCUT2D eigenvalue weighted by Gasteiger charge is 2.32. The number of anilines is 1. The SMILES string of the molecule is Nc1ncnc2c(CN3C[C@H](c4ccccc4)[C@@H](O)C3)c[nH]c12. The summed E-state index contributed by atoms with van der Waals surface area (Å²) < 4.78 is 0. The molecule has 2 aromatic heterocycles. The van der Waals surface area contributed by atoms with Gasteiger partial charge in [-0.15, -0.1) is 0 Å². The third-order valence-corrected chi connectivity index (χ3v) is 4.56. The van der Waals surface area contributed by atoms with Crippen LogP contribution >= 0.6 is 0 Å². The molecule has 3 heterocycles. The van der Waals surface area contributed by atoms with Crippen LogP contribution in [0.5, 0.6) is 0 Å². The molecule has 3 aromatic rings. The van der Waals surface area contributed by atoms with Crippen LogP contribution in [0.4, 0.5) is 5.82 Å². The molecule has 0 saturated carbocycles. The molecule has 1 saturated heterocycles. The summed E-state index contributed by atoms with van der Waals surface area (Å²) in [6.07, 6.45) is 3.07. The monoisotopic (exact) mass is 309 g/mol. The summed E-state index contributed by atoms with van der Waals surface area (Å²) in [5.41, 5.74) is 9.76. The topological polar surface area (TPSA) is 91.1 Å². The summed E-state index contributed by atoms with van der Waals surface area (Å²) in [6, 6.07) is 10.2. The molecule has 0 spiro atoms. The number of aromatic amines is 1. The molecule has 0 radical (unpaired) electrons. The van der Waals surface area contributed by atoms with Gasteiger partial charge in [0.15, 0.2) is 5.82 Å². The van der Waals surface area contributed by atoms with Crippen molar-refractivity contribution in [3.8, 4) is 0 Å². The van der Waals surface area contributed by atoms with Gasteiger partial charge < -0.3 is 15.8 Å². The second-order valence-corrected chi connectivity index (χ2v) is 6.08. The van der Waals surface area contributed by atoms with Gasteiger partial charge >= 0.3 is 0 Å². The van der Waals surface area contributed by atoms with E-state index in [1.807, 2.05) is 24.4 Å². The van der Waals surface area contributed by atoms with Crippen LogP contribution in [0, 0.1) is 0 Å². The van der Waals surface area contributed by atoms with Crippen LogP contribution in [0.15, 0.2) is 42.9 Å². The van der Waals surface area contributed by atoms with Gasteiger partial charge in [0.1, 0.15) is 11.8 Å². The molecule has 1 aliphatic heterocycles. The van der Waals surface area contributed by atoms with Gasteiger partial charge in [0.2, 0.25) is 0 Å². The minimum absolute atomic E-state index is 0.154. The average molecular weight is 309 g/mol. The van der Waals surface area contributed by atoms with Gasteiger partial charge in [0, 0.05) is 37.3 Å². The Hall–Kier alpha value is -2.44. The van der Waals surface area contributed by atoms with E-state index >= 15 is 0 Å². The van der Waals surface area contributed by atoms with Crippen LogP contribution in [0.2, 0.25) is 0 Å². The highest BCUT2D eigenvalue weighted by Crippen LogP contribution is 2.29. The fourth-order valence-electron chi connectivity index (χ4n) is 3.40. The fraction of sp³-hybridized carbons (Fsp3) is 0.294. The van der Waals surface area contributed by atoms with E-state index in [9.17, 15) is 5.11 Å². The number of β-amino-alcohol motifs (C(OH)–C–C–N with tert-alkyl or cyclic N) is 1. The van der Waals surface area contributed by atoms with E-state index in [4.69, 9.17) is 5.73 Å². The van der Waals surface area contributed by atoms with Gasteiger partial charge in [-0.3, -0.25) is 4.90 Å². The van der Waals surface area contributed by atoms with Crippen LogP contribution in [-0.2, 0) is 6.54 Å². The second-order valence-electron chi connectivity index (χ2n) is 6.08. The number of nitrogens with one attached hydrogen (secondary N) is 1. The highest BCUT2D eigenvalue weighted by atomic mass is 16.3. The van der Waals surface area contributed by atoms with Crippen molar-refractivity contribution in [2.45, 2.75) is 18.6 Å². The highest BCUT2D eigenvalue weighted by molar-refractivity contribution is 5.86. The van der Waals surface area contributed by atoms with Crippen molar-refractivity contribution in [3.63, 3.8) is 0 Å². The lowest BCUT2D eigenvalue weighted by Gasteiger charge is -2.15. The van der Waals surface area contributed by atoms with Crippen molar-refractivity contribution in [1.29, 1.82) is 0 Å². The number of likely N-dealkylation sites (tertiary alicyclic amines) is 1. The van der Waals surface area contributed by atoms with Crippen LogP contribution < -0.4 is 5.73 Å². The van der Waals surface area contributed by atoms with Crippen LogP contribution in [0.25, 0.3) is 11.0 Å². The van der Waals surface area contributed by atoms with Crippen molar-refractivity contribution in [2.75, 3.05) is 18.8 Å². The van der Waals surface area contributed by atoms with E-state index in [2.05, 4.69) is 32.0 Å². The third kappa shape index (κ3) is 2.56. The molecular weight excluding hydrogens is 290 g/mol. The van der Waals surface area contributed by atoms with E-state index in [1.54, 1.807) is 0 Å². The third-order valence-electron chi connectivity index (χ3n) is 4.56. The molecule has 0 amide bonds. The Morgan fingerprint density at radius 3 is 2.87 bits per heavy atom. The first-order valence-corrected chi connectivity index (χ1v) is 7.74. The average Bonchev–Trinajstić information content (AvgIpc) is 3.14. The predicted octanol–water partition coefficient (Wildman–Crippen LogP) is 1.50. The molecule has 0 unspecified atom stereocenters. The minimum Gasteiger partial charge on any atom is -0.391 e. The first kappa shape index (κ1) is 14.2. The number of rotatable bonds is 3. The molecular formula is C17H19N5O. The van der Waals surface area contributed by atoms with E-state index in [0.717, 1.165) is 29.7 Å². The number of fused-ring (bicyclic) bond motifs is 1. The smallest absolute Gasteiger partial charge is 0.151 e. The Labute approximate surface area is 134 Å². The summed E-state index contributed by atoms with van der Waals surface area (Å²) in [4.78, 5) is 13.7. The second kappa shape index (κ2) is 5.64. The van der Waals surface area contributed by atoms with Crippen LogP contribution in [-0.4, -0.2) is 44.2 Å². The quantitative estimate of drug-likeness (QED) is 0.682. The number of hydrogen-bond donors (Lipinski definition) is 3. The fourth-order valence-corrected chi connectivity index (χ4v) is 3.40. The zero-order valence-corrected chi connectivity index (χ0v) is 12.7. The van der Waals surface area contributed by atoms with Crippen molar-refractivity contribution in [3.05, 3.63) is 54.0 Å². The molecule has 4 N–H and O–H groups in total. The summed E-state index contributed by atoms with van der Waals surface area (Å²) in [6.45, 7) is 2.22. The minimum atomic E-state index is -0.345. The van der Waals surface area contributed by atoms with Gasteiger partial charge in [-0.2, -0.15) is 0 Å². The van der Waals surface area contributed by atoms with Crippen LogP contribution in [0.3, 0.4) is 0 Å². The molecule has 4 rings (SSSR count). The number of nitrogen functional groups attached to an aromatic ring is 1. The first-order chi connectivity index (χ1) is 11.2. The number of nitrogens with zero attached hydrogens (tertiary/aromatic N) is 3.